The molecule has 0 saturated carbocycles. The van der Waals surface area contributed by atoms with Gasteiger partial charge in [0.1, 0.15) is 0 Å². The molecular weight excluding hydrogens is 1120 g/mol. The van der Waals surface area contributed by atoms with Crippen molar-refractivity contribution in [1.29, 1.82) is 0 Å². The van der Waals surface area contributed by atoms with Gasteiger partial charge in [-0.2, -0.15) is 0 Å². The lowest BCUT2D eigenvalue weighted by atomic mass is 9.87. The maximum Gasteiger partial charge on any atom is 0.164 e. The molecule has 0 aliphatic heterocycles. The van der Waals surface area contributed by atoms with E-state index in [0.717, 1.165) is 89.6 Å². The Balaban J connectivity index is 0.917. The molecule has 0 aliphatic carbocycles. The lowest BCUT2D eigenvalue weighted by Crippen LogP contribution is -2.02. The minimum atomic E-state index is 0.568. The molecule has 0 atom stereocenters. The van der Waals surface area contributed by atoms with Gasteiger partial charge >= 0.3 is 0 Å². The van der Waals surface area contributed by atoms with Crippen molar-refractivity contribution in [2.24, 2.45) is 0 Å². The van der Waals surface area contributed by atoms with Gasteiger partial charge in [-0.1, -0.05) is 198 Å². The van der Waals surface area contributed by atoms with E-state index in [2.05, 4.69) is 291 Å². The second-order valence-corrected chi connectivity index (χ2v) is 24.6. The van der Waals surface area contributed by atoms with E-state index in [9.17, 15) is 0 Å². The van der Waals surface area contributed by atoms with Crippen molar-refractivity contribution in [2.75, 3.05) is 0 Å². The van der Waals surface area contributed by atoms with E-state index in [1.54, 1.807) is 0 Å². The first kappa shape index (κ1) is 54.4. The number of para-hydroxylation sites is 1. The maximum atomic E-state index is 5.91. The van der Waals surface area contributed by atoms with Gasteiger partial charge in [0.25, 0.3) is 0 Å². The molecule has 0 amide bonds. The molecule has 0 aliphatic rings. The second-order valence-electron chi connectivity index (χ2n) is 24.6. The number of fused-ring (bicyclic) bond motifs is 9. The van der Waals surface area contributed by atoms with E-state index < -0.39 is 0 Å². The molecule has 92 heavy (non-hydrogen) atoms. The van der Waals surface area contributed by atoms with Crippen molar-refractivity contribution in [3.05, 3.63) is 307 Å². The Labute approximate surface area is 533 Å². The number of pyridine rings is 1. The summed E-state index contributed by atoms with van der Waals surface area (Å²) in [5, 5.41) is 7.44. The fourth-order valence-corrected chi connectivity index (χ4v) is 14.0. The van der Waals surface area contributed by atoms with Crippen LogP contribution in [0.4, 0.5) is 0 Å². The molecule has 0 bridgehead atoms. The molecule has 7 heteroatoms. The van der Waals surface area contributed by atoms with Crippen LogP contribution < -0.4 is 0 Å². The van der Waals surface area contributed by atoms with Crippen LogP contribution in [0.2, 0.25) is 0 Å². The highest BCUT2D eigenvalue weighted by molar-refractivity contribution is 6.12. The van der Waals surface area contributed by atoms with Gasteiger partial charge in [0.15, 0.2) is 17.5 Å². The molecule has 0 saturated heterocycles. The first-order valence-corrected chi connectivity index (χ1v) is 31.5. The third-order valence-corrected chi connectivity index (χ3v) is 18.4. The molecule has 0 spiro atoms. The van der Waals surface area contributed by atoms with Crippen LogP contribution in [0.1, 0.15) is 27.8 Å². The second kappa shape index (κ2) is 21.8. The lowest BCUT2D eigenvalue weighted by Gasteiger charge is -2.21. The number of hydrogen-bond donors (Lipinski definition) is 0. The standard InChI is InChI=1S/C85H61N7/c1-52-24-41-76-68(46-52)66-21-14-15-23-75(66)90(76)64-39-33-59(34-40-64)82-81(58-31-37-63(38-32-58)92-79-44-27-55(4)49-71(79)72-50-56(5)28-45-80(72)92)73(65-20-12-13-22-67(65)85-88-83(60-16-8-6-9-17-60)87-84(89-85)61-18-10-7-11-19-61)51-74(86-82)57-29-35-62(36-30-57)91-77-42-25-53(2)47-69(77)70-48-54(3)26-43-78(70)91/h6-51H,1-5H3. The number of nitrogens with zero attached hydrogens (tertiary/aromatic N) is 7. The Hall–Kier alpha value is -11.8. The molecule has 7 nitrogen and oxygen atoms in total. The minimum Gasteiger partial charge on any atom is -0.309 e. The highest BCUT2D eigenvalue weighted by Gasteiger charge is 2.25. The molecule has 0 fully saturated rings. The van der Waals surface area contributed by atoms with Gasteiger partial charge in [-0.05, 0) is 161 Å². The lowest BCUT2D eigenvalue weighted by molar-refractivity contribution is 1.07. The summed E-state index contributed by atoms with van der Waals surface area (Å²) >= 11 is 0. The Morgan fingerprint density at radius 3 is 1.02 bits per heavy atom. The Kier molecular flexibility index (Phi) is 12.9. The summed E-state index contributed by atoms with van der Waals surface area (Å²) in [6.07, 6.45) is 0. The third-order valence-electron chi connectivity index (χ3n) is 18.4. The summed E-state index contributed by atoms with van der Waals surface area (Å²) in [4.78, 5) is 21.8. The van der Waals surface area contributed by atoms with E-state index >= 15 is 0 Å². The normalized spacial score (nSPS) is 11.8. The molecule has 17 aromatic rings. The van der Waals surface area contributed by atoms with Gasteiger partial charge in [-0.15, -0.1) is 0 Å². The van der Waals surface area contributed by atoms with Crippen LogP contribution in [0.25, 0.3) is 161 Å². The van der Waals surface area contributed by atoms with Crippen LogP contribution in [-0.4, -0.2) is 33.6 Å². The van der Waals surface area contributed by atoms with Crippen LogP contribution in [0.5, 0.6) is 0 Å². The minimum absolute atomic E-state index is 0.568. The molecular formula is C85H61N7. The molecule has 436 valence electrons. The predicted octanol–water partition coefficient (Wildman–Crippen LogP) is 21.8. The highest BCUT2D eigenvalue weighted by Crippen LogP contribution is 2.46. The van der Waals surface area contributed by atoms with Gasteiger partial charge in [0.05, 0.1) is 44.5 Å². The molecule has 0 radical (unpaired) electrons. The number of hydrogen-bond acceptors (Lipinski definition) is 4. The first-order valence-electron chi connectivity index (χ1n) is 31.5. The molecule has 12 aromatic carbocycles. The van der Waals surface area contributed by atoms with E-state index in [-0.39, 0.29) is 0 Å². The average molecular weight is 1180 g/mol. The monoisotopic (exact) mass is 1180 g/mol. The van der Waals surface area contributed by atoms with Gasteiger partial charge in [-0.3, -0.25) is 0 Å². The number of benzene rings is 12. The largest absolute Gasteiger partial charge is 0.309 e. The van der Waals surface area contributed by atoms with E-state index in [4.69, 9.17) is 19.9 Å². The predicted molar refractivity (Wildman–Crippen MR) is 382 cm³/mol. The first-order chi connectivity index (χ1) is 45.1. The molecule has 0 N–H and O–H groups in total. The zero-order valence-electron chi connectivity index (χ0n) is 51.7. The highest BCUT2D eigenvalue weighted by atomic mass is 15.0. The van der Waals surface area contributed by atoms with E-state index in [1.807, 2.05) is 36.4 Å². The van der Waals surface area contributed by atoms with Gasteiger partial charge < -0.3 is 13.7 Å². The van der Waals surface area contributed by atoms with Crippen molar-refractivity contribution in [1.82, 2.24) is 33.6 Å². The number of aryl methyl sites for hydroxylation is 5. The van der Waals surface area contributed by atoms with Crippen LogP contribution in [-0.2, 0) is 0 Å². The van der Waals surface area contributed by atoms with Crippen LogP contribution in [0.3, 0.4) is 0 Å². The average Bonchev–Trinajstić information content (AvgIpc) is 1.42. The summed E-state index contributed by atoms with van der Waals surface area (Å²) < 4.78 is 7.19. The maximum absolute atomic E-state index is 5.91. The SMILES string of the molecule is Cc1ccc2c(c1)c1ccccc1n2-c1ccc(-c2nc(-c3ccc(-n4c5ccc(C)cc5c5cc(C)ccc54)cc3)cc(-c3ccccc3-c3nc(-c4ccccc4)nc(-c4ccccc4)n3)c2-c2ccc(-n3c4ccc(C)cc4c4cc(C)ccc43)cc2)cc1. The zero-order chi connectivity index (χ0) is 61.7. The topological polar surface area (TPSA) is 66.3 Å². The summed E-state index contributed by atoms with van der Waals surface area (Å²) in [6.45, 7) is 10.9. The summed E-state index contributed by atoms with van der Waals surface area (Å²) in [5.41, 5.74) is 26.6. The summed E-state index contributed by atoms with van der Waals surface area (Å²) in [6, 6.07) is 101. The fourth-order valence-electron chi connectivity index (χ4n) is 14.0. The van der Waals surface area contributed by atoms with Crippen molar-refractivity contribution in [3.63, 3.8) is 0 Å². The van der Waals surface area contributed by atoms with Crippen molar-refractivity contribution >= 4 is 65.4 Å². The summed E-state index contributed by atoms with van der Waals surface area (Å²) in [7, 11) is 0. The van der Waals surface area contributed by atoms with Crippen molar-refractivity contribution in [2.45, 2.75) is 34.6 Å². The smallest absolute Gasteiger partial charge is 0.164 e. The number of rotatable bonds is 10. The molecule has 0 unspecified atom stereocenters. The number of aromatic nitrogens is 7. The molecule has 5 aromatic heterocycles. The molecule has 5 heterocycles. The fraction of sp³-hybridized carbons (Fsp3) is 0.0588. The van der Waals surface area contributed by atoms with Crippen LogP contribution in [0, 0.1) is 34.6 Å². The quantitative estimate of drug-likeness (QED) is 0.137. The summed E-state index contributed by atoms with van der Waals surface area (Å²) in [5.74, 6) is 1.76. The van der Waals surface area contributed by atoms with Crippen molar-refractivity contribution < 1.29 is 0 Å². The Morgan fingerprint density at radius 2 is 0.576 bits per heavy atom. The van der Waals surface area contributed by atoms with Gasteiger partial charge in [0.2, 0.25) is 0 Å². The van der Waals surface area contributed by atoms with Gasteiger partial charge in [-0.25, -0.2) is 19.9 Å². The van der Waals surface area contributed by atoms with Crippen LogP contribution >= 0.6 is 0 Å². The van der Waals surface area contributed by atoms with Gasteiger partial charge in [0, 0.05) is 82.8 Å². The van der Waals surface area contributed by atoms with E-state index in [0.29, 0.717) is 17.5 Å². The Bertz CT molecular complexity index is 5600. The Morgan fingerprint density at radius 1 is 0.228 bits per heavy atom. The van der Waals surface area contributed by atoms with E-state index in [1.165, 1.54) is 82.2 Å². The third kappa shape index (κ3) is 9.19. The van der Waals surface area contributed by atoms with Crippen LogP contribution in [0.15, 0.2) is 279 Å². The zero-order valence-corrected chi connectivity index (χ0v) is 51.7. The molecule has 17 rings (SSSR count). The van der Waals surface area contributed by atoms with Crippen molar-refractivity contribution in [3.8, 4) is 96.0 Å².